The van der Waals surface area contributed by atoms with Crippen molar-refractivity contribution in [2.75, 3.05) is 17.5 Å². The predicted octanol–water partition coefficient (Wildman–Crippen LogP) is 2.99. The van der Waals surface area contributed by atoms with Crippen LogP contribution < -0.4 is 13.8 Å². The van der Waals surface area contributed by atoms with Crippen LogP contribution in [0.2, 0.25) is 0 Å². The number of ether oxygens (including phenoxy) is 2. The highest BCUT2D eigenvalue weighted by atomic mass is 32.2. The van der Waals surface area contributed by atoms with Crippen molar-refractivity contribution < 1.29 is 17.9 Å². The first-order valence-corrected chi connectivity index (χ1v) is 9.53. The van der Waals surface area contributed by atoms with Crippen LogP contribution in [0.25, 0.3) is 0 Å². The molecule has 0 bridgehead atoms. The van der Waals surface area contributed by atoms with Crippen LogP contribution in [0, 0.1) is 0 Å². The average molecular weight is 345 g/mol. The zero-order chi connectivity index (χ0) is 16.7. The number of fused-ring (bicyclic) bond motifs is 2. The van der Waals surface area contributed by atoms with Gasteiger partial charge in [-0.05, 0) is 43.5 Å². The summed E-state index contributed by atoms with van der Waals surface area (Å²) in [7, 11) is -3.66. The lowest BCUT2D eigenvalue weighted by Crippen LogP contribution is -2.42. The molecule has 0 saturated heterocycles. The molecule has 0 radical (unpaired) electrons. The van der Waals surface area contributed by atoms with E-state index in [2.05, 4.69) is 0 Å². The molecule has 0 amide bonds. The fourth-order valence-corrected chi connectivity index (χ4v) is 5.06. The zero-order valence-corrected chi connectivity index (χ0v) is 14.3. The highest BCUT2D eigenvalue weighted by Crippen LogP contribution is 2.38. The Balaban J connectivity index is 1.80. The molecular formula is C18H19NO4S. The number of hydrogen-bond acceptors (Lipinski definition) is 4. The number of hydrogen-bond donors (Lipinski definition) is 0. The third kappa shape index (κ3) is 2.41. The minimum absolute atomic E-state index is 0.0851. The number of anilines is 1. The van der Waals surface area contributed by atoms with Gasteiger partial charge >= 0.3 is 0 Å². The van der Waals surface area contributed by atoms with Crippen LogP contribution in [-0.2, 0) is 16.4 Å². The normalized spacial score (nSPS) is 19.7. The van der Waals surface area contributed by atoms with Gasteiger partial charge in [0.15, 0.2) is 11.5 Å². The molecule has 5 nitrogen and oxygen atoms in total. The van der Waals surface area contributed by atoms with E-state index in [0.717, 1.165) is 24.1 Å². The molecule has 0 aromatic heterocycles. The van der Waals surface area contributed by atoms with E-state index in [9.17, 15) is 8.42 Å². The Labute approximate surface area is 141 Å². The molecule has 0 saturated carbocycles. The summed E-state index contributed by atoms with van der Waals surface area (Å²) in [6, 6.07) is 12.4. The van der Waals surface area contributed by atoms with Gasteiger partial charge in [0.05, 0.1) is 10.6 Å². The van der Waals surface area contributed by atoms with Gasteiger partial charge in [0, 0.05) is 12.1 Å². The van der Waals surface area contributed by atoms with Gasteiger partial charge in [-0.1, -0.05) is 18.2 Å². The second kappa shape index (κ2) is 5.70. The van der Waals surface area contributed by atoms with Crippen LogP contribution in [0.4, 0.5) is 5.69 Å². The topological polar surface area (TPSA) is 55.8 Å². The number of benzene rings is 2. The van der Waals surface area contributed by atoms with Gasteiger partial charge in [0.25, 0.3) is 10.0 Å². The lowest BCUT2D eigenvalue weighted by Gasteiger charge is -2.36. The Morgan fingerprint density at radius 3 is 2.62 bits per heavy atom. The van der Waals surface area contributed by atoms with E-state index in [0.29, 0.717) is 24.7 Å². The van der Waals surface area contributed by atoms with E-state index in [4.69, 9.17) is 9.47 Å². The van der Waals surface area contributed by atoms with E-state index in [1.165, 1.54) is 4.31 Å². The molecule has 0 N–H and O–H groups in total. The lowest BCUT2D eigenvalue weighted by molar-refractivity contribution is 0.171. The van der Waals surface area contributed by atoms with Crippen LogP contribution in [-0.4, -0.2) is 27.7 Å². The van der Waals surface area contributed by atoms with E-state index < -0.39 is 10.0 Å². The van der Waals surface area contributed by atoms with Gasteiger partial charge in [-0.3, -0.25) is 4.31 Å². The second-order valence-electron chi connectivity index (χ2n) is 6.12. The van der Waals surface area contributed by atoms with Crippen molar-refractivity contribution >= 4 is 15.7 Å². The highest BCUT2D eigenvalue weighted by Gasteiger charge is 2.34. The Hall–Kier alpha value is -2.21. The molecule has 24 heavy (non-hydrogen) atoms. The molecule has 2 heterocycles. The molecule has 0 fully saturated rings. The largest absolute Gasteiger partial charge is 0.486 e. The molecule has 0 spiro atoms. The molecular weight excluding hydrogens is 326 g/mol. The molecule has 126 valence electrons. The van der Waals surface area contributed by atoms with Crippen molar-refractivity contribution in [1.29, 1.82) is 0 Å². The Kier molecular flexibility index (Phi) is 3.64. The van der Waals surface area contributed by atoms with Crippen LogP contribution in [0.3, 0.4) is 0 Å². The summed E-state index contributed by atoms with van der Waals surface area (Å²) in [4.78, 5) is 0.232. The lowest BCUT2D eigenvalue weighted by atomic mass is 9.99. The molecule has 6 heteroatoms. The summed E-state index contributed by atoms with van der Waals surface area (Å²) in [5.74, 6) is 1.08. The van der Waals surface area contributed by atoms with Crippen LogP contribution in [0.1, 0.15) is 18.9 Å². The fourth-order valence-electron chi connectivity index (χ4n) is 3.32. The van der Waals surface area contributed by atoms with Crippen molar-refractivity contribution in [3.8, 4) is 11.5 Å². The van der Waals surface area contributed by atoms with E-state index >= 15 is 0 Å². The minimum Gasteiger partial charge on any atom is -0.486 e. The summed E-state index contributed by atoms with van der Waals surface area (Å²) in [5.41, 5.74) is 1.84. The molecule has 1 atom stereocenters. The van der Waals surface area contributed by atoms with E-state index in [-0.39, 0.29) is 10.9 Å². The molecule has 2 aromatic rings. The fraction of sp³-hybridized carbons (Fsp3) is 0.333. The number of nitrogens with zero attached hydrogens (tertiary/aromatic N) is 1. The average Bonchev–Trinajstić information content (AvgIpc) is 2.61. The Morgan fingerprint density at radius 2 is 1.79 bits per heavy atom. The first kappa shape index (κ1) is 15.3. The molecule has 2 aliphatic rings. The molecule has 2 aromatic carbocycles. The number of rotatable bonds is 2. The number of para-hydroxylation sites is 1. The van der Waals surface area contributed by atoms with Gasteiger partial charge in [-0.2, -0.15) is 0 Å². The van der Waals surface area contributed by atoms with Crippen LogP contribution in [0.15, 0.2) is 47.4 Å². The maximum Gasteiger partial charge on any atom is 0.264 e. The van der Waals surface area contributed by atoms with Crippen molar-refractivity contribution in [3.05, 3.63) is 48.0 Å². The van der Waals surface area contributed by atoms with Gasteiger partial charge in [0.1, 0.15) is 13.2 Å². The SMILES string of the molecule is C[C@H]1CCc2ccccc2N1S(=O)(=O)c1ccc2c(c1)OCCO2. The maximum atomic E-state index is 13.3. The van der Waals surface area contributed by atoms with Crippen molar-refractivity contribution in [1.82, 2.24) is 0 Å². The van der Waals surface area contributed by atoms with Crippen molar-refractivity contribution in [2.45, 2.75) is 30.7 Å². The first-order chi connectivity index (χ1) is 11.6. The summed E-state index contributed by atoms with van der Waals surface area (Å²) >= 11 is 0. The van der Waals surface area contributed by atoms with Gasteiger partial charge in [-0.15, -0.1) is 0 Å². The number of aryl methyl sites for hydroxylation is 1. The molecule has 0 unspecified atom stereocenters. The van der Waals surface area contributed by atoms with Gasteiger partial charge in [-0.25, -0.2) is 8.42 Å². The minimum atomic E-state index is -3.66. The van der Waals surface area contributed by atoms with Gasteiger partial charge < -0.3 is 9.47 Å². The molecule has 2 aliphatic heterocycles. The highest BCUT2D eigenvalue weighted by molar-refractivity contribution is 7.92. The smallest absolute Gasteiger partial charge is 0.264 e. The van der Waals surface area contributed by atoms with Gasteiger partial charge in [0.2, 0.25) is 0 Å². The van der Waals surface area contributed by atoms with Crippen LogP contribution in [0.5, 0.6) is 11.5 Å². The van der Waals surface area contributed by atoms with E-state index in [1.54, 1.807) is 18.2 Å². The summed E-state index contributed by atoms with van der Waals surface area (Å²) in [6.45, 7) is 2.86. The second-order valence-corrected chi connectivity index (χ2v) is 7.94. The summed E-state index contributed by atoms with van der Waals surface area (Å²) < 4.78 is 39.1. The summed E-state index contributed by atoms with van der Waals surface area (Å²) in [6.07, 6.45) is 1.70. The van der Waals surface area contributed by atoms with E-state index in [1.807, 2.05) is 31.2 Å². The maximum absolute atomic E-state index is 13.3. The standard InChI is InChI=1S/C18H19NO4S/c1-13-6-7-14-4-2-3-5-16(14)19(13)24(20,21)15-8-9-17-18(12-15)23-11-10-22-17/h2-5,8-9,12-13H,6-7,10-11H2,1H3/t13-/m0/s1. The monoisotopic (exact) mass is 345 g/mol. The van der Waals surface area contributed by atoms with Crippen LogP contribution >= 0.6 is 0 Å². The predicted molar refractivity (Wildman–Crippen MR) is 91.3 cm³/mol. The Bertz CT molecular complexity index is 878. The first-order valence-electron chi connectivity index (χ1n) is 8.09. The molecule has 4 rings (SSSR count). The zero-order valence-electron chi connectivity index (χ0n) is 13.4. The van der Waals surface area contributed by atoms with Crippen molar-refractivity contribution in [3.63, 3.8) is 0 Å². The summed E-state index contributed by atoms with van der Waals surface area (Å²) in [5, 5.41) is 0. The number of sulfonamides is 1. The Morgan fingerprint density at radius 1 is 1.04 bits per heavy atom. The third-order valence-electron chi connectivity index (χ3n) is 4.53. The van der Waals surface area contributed by atoms with Crippen molar-refractivity contribution in [2.24, 2.45) is 0 Å². The third-order valence-corrected chi connectivity index (χ3v) is 6.46. The quantitative estimate of drug-likeness (QED) is 0.840. The molecule has 0 aliphatic carbocycles.